The van der Waals surface area contributed by atoms with Gasteiger partial charge in [-0.15, -0.1) is 0 Å². The molecule has 2 aliphatic rings. The minimum absolute atomic E-state index is 0.0130. The van der Waals surface area contributed by atoms with Crippen molar-refractivity contribution in [2.24, 2.45) is 0 Å². The number of anilines is 1. The normalized spacial score (nSPS) is 19.8. The number of carbonyl (C=O) groups is 1. The second kappa shape index (κ2) is 7.74. The molecule has 0 amide bonds. The van der Waals surface area contributed by atoms with E-state index < -0.39 is 16.0 Å². The maximum Gasteiger partial charge on any atom is 0.335 e. The third kappa shape index (κ3) is 4.52. The standard InChI is InChI=1S/C18H26N2O4S/c21-18(22)13-10-11-16(19-14-6-2-1-3-7-14)17(12-13)25(23,24)20-15-8-4-5-9-15/h10-12,14-15,19-20H,1-9H2,(H,21,22). The fourth-order valence-electron chi connectivity index (χ4n) is 3.79. The predicted octanol–water partition coefficient (Wildman–Crippen LogP) is 3.35. The van der Waals surface area contributed by atoms with Crippen LogP contribution in [0.4, 0.5) is 5.69 Å². The number of hydrogen-bond acceptors (Lipinski definition) is 4. The number of carboxylic acids is 1. The summed E-state index contributed by atoms with van der Waals surface area (Å²) < 4.78 is 28.5. The van der Waals surface area contributed by atoms with Crippen LogP contribution in [-0.4, -0.2) is 31.6 Å². The van der Waals surface area contributed by atoms with E-state index in [0.29, 0.717) is 5.69 Å². The van der Waals surface area contributed by atoms with E-state index in [4.69, 9.17) is 0 Å². The Hall–Kier alpha value is -1.60. The Balaban J connectivity index is 1.89. The van der Waals surface area contributed by atoms with Crippen LogP contribution in [0.2, 0.25) is 0 Å². The number of aromatic carboxylic acids is 1. The lowest BCUT2D eigenvalue weighted by atomic mass is 9.95. The van der Waals surface area contributed by atoms with Crippen molar-refractivity contribution in [3.63, 3.8) is 0 Å². The summed E-state index contributed by atoms with van der Waals surface area (Å²) in [7, 11) is -3.76. The highest BCUT2D eigenvalue weighted by atomic mass is 32.2. The van der Waals surface area contributed by atoms with Crippen molar-refractivity contribution < 1.29 is 18.3 Å². The van der Waals surface area contributed by atoms with E-state index in [1.54, 1.807) is 6.07 Å². The molecule has 0 aromatic heterocycles. The molecule has 3 N–H and O–H groups in total. The number of rotatable bonds is 6. The molecule has 1 aromatic carbocycles. The zero-order chi connectivity index (χ0) is 17.9. The zero-order valence-electron chi connectivity index (χ0n) is 14.3. The lowest BCUT2D eigenvalue weighted by molar-refractivity contribution is 0.0696. The van der Waals surface area contributed by atoms with Crippen LogP contribution < -0.4 is 10.0 Å². The van der Waals surface area contributed by atoms with Crippen molar-refractivity contribution in [2.45, 2.75) is 74.8 Å². The summed E-state index contributed by atoms with van der Waals surface area (Å²) in [5.74, 6) is -1.12. The smallest absolute Gasteiger partial charge is 0.335 e. The minimum atomic E-state index is -3.76. The van der Waals surface area contributed by atoms with Gasteiger partial charge in [-0.05, 0) is 43.9 Å². The number of sulfonamides is 1. The summed E-state index contributed by atoms with van der Waals surface area (Å²) in [6.45, 7) is 0. The molecule has 1 aromatic rings. The lowest BCUT2D eigenvalue weighted by Gasteiger charge is -2.25. The molecular weight excluding hydrogens is 340 g/mol. The second-order valence-corrected chi connectivity index (χ2v) is 8.78. The van der Waals surface area contributed by atoms with Gasteiger partial charge in [0.25, 0.3) is 0 Å². The highest BCUT2D eigenvalue weighted by Crippen LogP contribution is 2.29. The van der Waals surface area contributed by atoms with Crippen molar-refractivity contribution in [3.8, 4) is 0 Å². The first-order chi connectivity index (χ1) is 12.0. The molecule has 6 nitrogen and oxygen atoms in total. The Morgan fingerprint density at radius 1 is 0.960 bits per heavy atom. The topological polar surface area (TPSA) is 95.5 Å². The highest BCUT2D eigenvalue weighted by Gasteiger charge is 2.27. The van der Waals surface area contributed by atoms with E-state index >= 15 is 0 Å². The average molecular weight is 366 g/mol. The molecule has 0 spiro atoms. The van der Waals surface area contributed by atoms with Gasteiger partial charge < -0.3 is 10.4 Å². The third-order valence-corrected chi connectivity index (χ3v) is 6.72. The van der Waals surface area contributed by atoms with Crippen molar-refractivity contribution in [1.82, 2.24) is 4.72 Å². The zero-order valence-corrected chi connectivity index (χ0v) is 15.1. The molecule has 2 saturated carbocycles. The molecule has 0 heterocycles. The molecule has 0 radical (unpaired) electrons. The Bertz CT molecular complexity index is 721. The van der Waals surface area contributed by atoms with E-state index in [0.717, 1.165) is 51.4 Å². The quantitative estimate of drug-likeness (QED) is 0.717. The van der Waals surface area contributed by atoms with Gasteiger partial charge in [0.05, 0.1) is 11.3 Å². The second-order valence-electron chi connectivity index (χ2n) is 7.10. The predicted molar refractivity (Wildman–Crippen MR) is 96.5 cm³/mol. The molecular formula is C18H26N2O4S. The first kappa shape index (κ1) is 18.2. The fraction of sp³-hybridized carbons (Fsp3) is 0.611. The summed E-state index contributed by atoms with van der Waals surface area (Å²) in [5, 5.41) is 12.6. The van der Waals surface area contributed by atoms with Crippen molar-refractivity contribution in [2.75, 3.05) is 5.32 Å². The van der Waals surface area contributed by atoms with Crippen LogP contribution >= 0.6 is 0 Å². The van der Waals surface area contributed by atoms with Gasteiger partial charge in [-0.2, -0.15) is 0 Å². The monoisotopic (exact) mass is 366 g/mol. The SMILES string of the molecule is O=C(O)c1ccc(NC2CCCCC2)c(S(=O)(=O)NC2CCCC2)c1. The van der Waals surface area contributed by atoms with Crippen molar-refractivity contribution >= 4 is 21.7 Å². The summed E-state index contributed by atoms with van der Waals surface area (Å²) in [4.78, 5) is 11.3. The third-order valence-electron chi connectivity index (χ3n) is 5.16. The van der Waals surface area contributed by atoms with Gasteiger partial charge in [0.2, 0.25) is 10.0 Å². The van der Waals surface area contributed by atoms with Gasteiger partial charge in [0, 0.05) is 12.1 Å². The maximum absolute atomic E-state index is 12.9. The van der Waals surface area contributed by atoms with Gasteiger partial charge in [0.15, 0.2) is 0 Å². The Morgan fingerprint density at radius 2 is 1.56 bits per heavy atom. The number of benzene rings is 1. The summed E-state index contributed by atoms with van der Waals surface area (Å²) in [6, 6.07) is 4.50. The highest BCUT2D eigenvalue weighted by molar-refractivity contribution is 7.89. The number of hydrogen-bond donors (Lipinski definition) is 3. The van der Waals surface area contributed by atoms with Crippen LogP contribution in [0.1, 0.15) is 68.1 Å². The Morgan fingerprint density at radius 3 is 2.20 bits per heavy atom. The maximum atomic E-state index is 12.9. The van der Waals surface area contributed by atoms with Crippen LogP contribution in [0.25, 0.3) is 0 Å². The average Bonchev–Trinajstić information content (AvgIpc) is 3.08. The molecule has 25 heavy (non-hydrogen) atoms. The van der Waals surface area contributed by atoms with E-state index in [-0.39, 0.29) is 22.5 Å². The molecule has 0 unspecified atom stereocenters. The first-order valence-corrected chi connectivity index (χ1v) is 10.6. The molecule has 7 heteroatoms. The number of nitrogens with one attached hydrogen (secondary N) is 2. The van der Waals surface area contributed by atoms with Crippen molar-refractivity contribution in [1.29, 1.82) is 0 Å². The van der Waals surface area contributed by atoms with E-state index in [1.807, 2.05) is 0 Å². The molecule has 0 saturated heterocycles. The molecule has 0 aliphatic heterocycles. The van der Waals surface area contributed by atoms with Gasteiger partial charge in [-0.1, -0.05) is 32.1 Å². The van der Waals surface area contributed by atoms with Crippen LogP contribution in [0.5, 0.6) is 0 Å². The van der Waals surface area contributed by atoms with Gasteiger partial charge in [-0.3, -0.25) is 0 Å². The summed E-state index contributed by atoms with van der Waals surface area (Å²) in [6.07, 6.45) is 9.22. The van der Waals surface area contributed by atoms with E-state index in [9.17, 15) is 18.3 Å². The fourth-order valence-corrected chi connectivity index (χ4v) is 5.29. The number of carboxylic acid groups (broad SMARTS) is 1. The van der Waals surface area contributed by atoms with Gasteiger partial charge >= 0.3 is 5.97 Å². The Labute approximate surface area is 149 Å². The Kier molecular flexibility index (Phi) is 5.64. The first-order valence-electron chi connectivity index (χ1n) is 9.12. The summed E-state index contributed by atoms with van der Waals surface area (Å²) in [5.41, 5.74) is 0.489. The molecule has 138 valence electrons. The van der Waals surface area contributed by atoms with E-state index in [1.165, 1.54) is 18.6 Å². The largest absolute Gasteiger partial charge is 0.478 e. The molecule has 2 fully saturated rings. The summed E-state index contributed by atoms with van der Waals surface area (Å²) >= 11 is 0. The van der Waals surface area contributed by atoms with Crippen LogP contribution in [0, 0.1) is 0 Å². The molecule has 3 rings (SSSR count). The van der Waals surface area contributed by atoms with Crippen molar-refractivity contribution in [3.05, 3.63) is 23.8 Å². The van der Waals surface area contributed by atoms with Gasteiger partial charge in [0.1, 0.15) is 4.90 Å². The molecule has 0 atom stereocenters. The molecule has 2 aliphatic carbocycles. The van der Waals surface area contributed by atoms with E-state index in [2.05, 4.69) is 10.0 Å². The van der Waals surface area contributed by atoms with Crippen LogP contribution in [0.3, 0.4) is 0 Å². The van der Waals surface area contributed by atoms with Crippen LogP contribution in [-0.2, 0) is 10.0 Å². The van der Waals surface area contributed by atoms with Gasteiger partial charge in [-0.25, -0.2) is 17.9 Å². The lowest BCUT2D eigenvalue weighted by Crippen LogP contribution is -2.34. The molecule has 0 bridgehead atoms. The van der Waals surface area contributed by atoms with Crippen LogP contribution in [0.15, 0.2) is 23.1 Å². The minimum Gasteiger partial charge on any atom is -0.478 e.